The van der Waals surface area contributed by atoms with Crippen molar-refractivity contribution in [3.05, 3.63) is 75.2 Å². The van der Waals surface area contributed by atoms with Crippen molar-refractivity contribution in [2.45, 2.75) is 0 Å². The van der Waals surface area contributed by atoms with Crippen molar-refractivity contribution in [1.82, 2.24) is 14.0 Å². The number of fused-ring (bicyclic) bond motifs is 4. The Hall–Kier alpha value is -2.92. The molecule has 0 aliphatic carbocycles. The molecule has 4 nitrogen and oxygen atoms in total. The van der Waals surface area contributed by atoms with Crippen LogP contribution in [-0.2, 0) is 7.05 Å². The number of para-hydroxylation sites is 3. The molecule has 5 aromatic rings. The van der Waals surface area contributed by atoms with Crippen LogP contribution in [0, 0.1) is 0 Å². The first-order valence-electron chi connectivity index (χ1n) is 7.68. The van der Waals surface area contributed by atoms with Crippen molar-refractivity contribution in [2.24, 2.45) is 7.05 Å². The van der Waals surface area contributed by atoms with Gasteiger partial charge in [-0.2, -0.15) is 0 Å². The molecule has 2 aromatic carbocycles. The number of nitrogens with zero attached hydrogens (tertiary/aromatic N) is 3. The van der Waals surface area contributed by atoms with E-state index >= 15 is 0 Å². The van der Waals surface area contributed by atoms with Crippen LogP contribution in [0.4, 0.5) is 0 Å². The summed E-state index contributed by atoms with van der Waals surface area (Å²) >= 11 is 1.44. The van der Waals surface area contributed by atoms with E-state index < -0.39 is 0 Å². The maximum atomic E-state index is 12.8. The smallest absolute Gasteiger partial charge is 0.274 e. The van der Waals surface area contributed by atoms with E-state index in [1.807, 2.05) is 49.5 Å². The minimum absolute atomic E-state index is 0.00312. The lowest BCUT2D eigenvalue weighted by Gasteiger charge is -1.92. The van der Waals surface area contributed by atoms with Gasteiger partial charge in [0.1, 0.15) is 0 Å². The molecule has 5 rings (SSSR count). The molecular weight excluding hydrogens is 318 g/mol. The summed E-state index contributed by atoms with van der Waals surface area (Å²) in [5.41, 5.74) is 3.93. The molecule has 0 fully saturated rings. The van der Waals surface area contributed by atoms with Gasteiger partial charge in [-0.25, -0.2) is 9.38 Å². The van der Waals surface area contributed by atoms with E-state index in [9.17, 15) is 4.79 Å². The number of hydrogen-bond donors (Lipinski definition) is 0. The van der Waals surface area contributed by atoms with Crippen LogP contribution in [0.1, 0.15) is 5.56 Å². The van der Waals surface area contributed by atoms with E-state index in [2.05, 4.69) is 27.9 Å². The Balaban J connectivity index is 1.84. The lowest BCUT2D eigenvalue weighted by molar-refractivity contribution is 0.968. The summed E-state index contributed by atoms with van der Waals surface area (Å²) in [7, 11) is 2.02. The van der Waals surface area contributed by atoms with Crippen molar-refractivity contribution in [3.8, 4) is 0 Å². The molecule has 116 valence electrons. The zero-order chi connectivity index (χ0) is 16.3. The molecule has 0 radical (unpaired) electrons. The quantitative estimate of drug-likeness (QED) is 0.474. The first kappa shape index (κ1) is 13.5. The van der Waals surface area contributed by atoms with Crippen LogP contribution >= 0.6 is 11.3 Å². The van der Waals surface area contributed by atoms with Crippen molar-refractivity contribution in [1.29, 1.82) is 0 Å². The van der Waals surface area contributed by atoms with Crippen LogP contribution in [0.2, 0.25) is 0 Å². The van der Waals surface area contributed by atoms with Gasteiger partial charge >= 0.3 is 0 Å². The first-order chi connectivity index (χ1) is 11.7. The molecule has 0 bridgehead atoms. The van der Waals surface area contributed by atoms with E-state index in [1.54, 1.807) is 4.40 Å². The summed E-state index contributed by atoms with van der Waals surface area (Å²) in [5.74, 6) is 0. The average Bonchev–Trinajstić information content (AvgIpc) is 3.21. The zero-order valence-electron chi connectivity index (χ0n) is 12.9. The molecule has 0 saturated carbocycles. The number of thiazole rings is 1. The van der Waals surface area contributed by atoms with Gasteiger partial charge in [0.25, 0.3) is 5.56 Å². The van der Waals surface area contributed by atoms with Gasteiger partial charge < -0.3 is 4.57 Å². The van der Waals surface area contributed by atoms with Gasteiger partial charge in [0, 0.05) is 29.7 Å². The molecule has 0 amide bonds. The van der Waals surface area contributed by atoms with Gasteiger partial charge in [0.15, 0.2) is 4.96 Å². The Morgan fingerprint density at radius 2 is 1.79 bits per heavy atom. The van der Waals surface area contributed by atoms with Crippen LogP contribution in [0.15, 0.2) is 59.5 Å². The van der Waals surface area contributed by atoms with Crippen molar-refractivity contribution >= 4 is 44.3 Å². The Morgan fingerprint density at radius 3 is 2.67 bits per heavy atom. The van der Waals surface area contributed by atoms with Crippen LogP contribution < -0.4 is 10.1 Å². The number of imidazole rings is 1. The molecule has 24 heavy (non-hydrogen) atoms. The largest absolute Gasteiger partial charge is 0.350 e. The van der Waals surface area contributed by atoms with Crippen LogP contribution in [0.5, 0.6) is 0 Å². The van der Waals surface area contributed by atoms with Crippen molar-refractivity contribution in [2.75, 3.05) is 0 Å². The predicted octanol–water partition coefficient (Wildman–Crippen LogP) is 2.95. The van der Waals surface area contributed by atoms with Gasteiger partial charge in [0.2, 0.25) is 0 Å². The Bertz CT molecular complexity index is 1340. The van der Waals surface area contributed by atoms with E-state index in [0.29, 0.717) is 4.53 Å². The Morgan fingerprint density at radius 1 is 1.04 bits per heavy atom. The number of hydrogen-bond acceptors (Lipinski definition) is 3. The summed E-state index contributed by atoms with van der Waals surface area (Å²) in [6, 6.07) is 15.9. The Labute approximate surface area is 140 Å². The average molecular weight is 331 g/mol. The molecule has 3 aromatic heterocycles. The van der Waals surface area contributed by atoms with E-state index in [-0.39, 0.29) is 5.56 Å². The molecule has 0 aliphatic heterocycles. The minimum Gasteiger partial charge on any atom is -0.350 e. The highest BCUT2D eigenvalue weighted by atomic mass is 32.1. The fourth-order valence-corrected chi connectivity index (χ4v) is 4.22. The second-order valence-corrected chi connectivity index (χ2v) is 6.86. The molecule has 5 heteroatoms. The summed E-state index contributed by atoms with van der Waals surface area (Å²) in [6.07, 6.45) is 4.03. The van der Waals surface area contributed by atoms with Gasteiger partial charge in [0.05, 0.1) is 15.6 Å². The zero-order valence-corrected chi connectivity index (χ0v) is 13.7. The van der Waals surface area contributed by atoms with E-state index in [1.165, 1.54) is 11.3 Å². The highest BCUT2D eigenvalue weighted by Gasteiger charge is 2.11. The topological polar surface area (TPSA) is 39.3 Å². The first-order valence-corrected chi connectivity index (χ1v) is 8.50. The molecule has 0 N–H and O–H groups in total. The highest BCUT2D eigenvalue weighted by Crippen LogP contribution is 2.21. The lowest BCUT2D eigenvalue weighted by Crippen LogP contribution is -2.22. The number of aryl methyl sites for hydroxylation is 1. The third kappa shape index (κ3) is 1.79. The summed E-state index contributed by atoms with van der Waals surface area (Å²) < 4.78 is 4.50. The standard InChI is InChI=1S/C19H13N3OS/c1-21-11-12(13-6-2-4-8-15(13)21)10-17-18(23)22-16-9-5-3-7-14(16)20-19(22)24-17/h2-11H,1H3/b17-10+. The third-order valence-corrected chi connectivity index (χ3v) is 5.33. The molecule has 0 saturated heterocycles. The minimum atomic E-state index is -0.00312. The van der Waals surface area contributed by atoms with Crippen LogP contribution in [-0.4, -0.2) is 14.0 Å². The molecule has 0 aliphatic rings. The van der Waals surface area contributed by atoms with Gasteiger partial charge in [-0.3, -0.25) is 4.79 Å². The second-order valence-electron chi connectivity index (χ2n) is 5.85. The second kappa shape index (κ2) is 4.79. The van der Waals surface area contributed by atoms with Gasteiger partial charge in [-0.1, -0.05) is 41.7 Å². The normalized spacial score (nSPS) is 12.8. The number of benzene rings is 2. The maximum Gasteiger partial charge on any atom is 0.274 e. The number of rotatable bonds is 1. The SMILES string of the molecule is Cn1cc(/C=c2/sc3nc4ccccc4n3c2=O)c2ccccc21. The van der Waals surface area contributed by atoms with Crippen LogP contribution in [0.25, 0.3) is 33.0 Å². The van der Waals surface area contributed by atoms with E-state index in [0.717, 1.165) is 32.5 Å². The van der Waals surface area contributed by atoms with Crippen LogP contribution in [0.3, 0.4) is 0 Å². The van der Waals surface area contributed by atoms with Gasteiger partial charge in [-0.15, -0.1) is 0 Å². The molecule has 0 unspecified atom stereocenters. The predicted molar refractivity (Wildman–Crippen MR) is 98.5 cm³/mol. The number of aromatic nitrogens is 3. The fraction of sp³-hybridized carbons (Fsp3) is 0.0526. The monoisotopic (exact) mass is 331 g/mol. The summed E-state index contributed by atoms with van der Waals surface area (Å²) in [5, 5.41) is 1.15. The molecular formula is C19H13N3OS. The third-order valence-electron chi connectivity index (χ3n) is 4.36. The van der Waals surface area contributed by atoms with Crippen molar-refractivity contribution < 1.29 is 0 Å². The summed E-state index contributed by atoms with van der Waals surface area (Å²) in [6.45, 7) is 0. The van der Waals surface area contributed by atoms with E-state index in [4.69, 9.17) is 0 Å². The maximum absolute atomic E-state index is 12.8. The van der Waals surface area contributed by atoms with Gasteiger partial charge in [-0.05, 0) is 24.3 Å². The highest BCUT2D eigenvalue weighted by molar-refractivity contribution is 7.15. The Kier molecular flexibility index (Phi) is 2.69. The molecule has 0 spiro atoms. The summed E-state index contributed by atoms with van der Waals surface area (Å²) in [4.78, 5) is 18.2. The van der Waals surface area contributed by atoms with Crippen molar-refractivity contribution in [3.63, 3.8) is 0 Å². The molecule has 3 heterocycles. The lowest BCUT2D eigenvalue weighted by atomic mass is 10.2. The fourth-order valence-electron chi connectivity index (χ4n) is 3.24. The molecule has 0 atom stereocenters.